The molecule has 1 fully saturated rings. The van der Waals surface area contributed by atoms with Gasteiger partial charge >= 0.3 is 6.36 Å². The van der Waals surface area contributed by atoms with Crippen molar-refractivity contribution < 1.29 is 23.1 Å². The second-order valence-corrected chi connectivity index (χ2v) is 3.16. The number of rotatable bonds is 2. The molecule has 1 aliphatic carbocycles. The summed E-state index contributed by atoms with van der Waals surface area (Å²) in [5, 5.41) is 10.8. The van der Waals surface area contributed by atoms with E-state index in [2.05, 4.69) is 9.89 Å². The molecule has 0 spiro atoms. The normalized spacial score (nSPS) is 30.0. The van der Waals surface area contributed by atoms with Crippen molar-refractivity contribution in [2.24, 2.45) is 11.1 Å². The Hall–Kier alpha value is -0.490. The summed E-state index contributed by atoms with van der Waals surface area (Å²) in [7, 11) is 0. The molecule has 13 heavy (non-hydrogen) atoms. The molecule has 0 radical (unpaired) electrons. The molecular weight excluding hydrogens is 211 g/mol. The van der Waals surface area contributed by atoms with Crippen LogP contribution in [-0.2, 0) is 4.74 Å². The minimum absolute atomic E-state index is 0.0676. The summed E-state index contributed by atoms with van der Waals surface area (Å²) >= 11 is 5.37. The maximum absolute atomic E-state index is 11.6. The third-order valence-corrected chi connectivity index (χ3v) is 2.21. The van der Waals surface area contributed by atoms with Gasteiger partial charge in [0.15, 0.2) is 0 Å². The van der Waals surface area contributed by atoms with Crippen LogP contribution in [-0.4, -0.2) is 22.8 Å². The molecular formula is C6H7ClF3NO2. The minimum atomic E-state index is -4.60. The number of oxime groups is 1. The lowest BCUT2D eigenvalue weighted by atomic mass is 9.83. The zero-order valence-corrected chi connectivity index (χ0v) is 7.14. The fraction of sp³-hybridized carbons (Fsp3) is 0.833. The SMILES string of the molecule is ON=C(Cl)C1CC(OC(F)(F)F)C1. The molecule has 0 amide bonds. The highest BCUT2D eigenvalue weighted by molar-refractivity contribution is 6.65. The van der Waals surface area contributed by atoms with Crippen molar-refractivity contribution in [3.05, 3.63) is 0 Å². The molecule has 0 aromatic carbocycles. The Bertz CT molecular complexity index is 212. The van der Waals surface area contributed by atoms with E-state index in [9.17, 15) is 13.2 Å². The third kappa shape index (κ3) is 3.04. The van der Waals surface area contributed by atoms with Gasteiger partial charge in [-0.2, -0.15) is 0 Å². The maximum Gasteiger partial charge on any atom is 0.522 e. The van der Waals surface area contributed by atoms with E-state index in [-0.39, 0.29) is 23.9 Å². The Balaban J connectivity index is 2.27. The summed E-state index contributed by atoms with van der Waals surface area (Å²) in [4.78, 5) is 0. The predicted octanol–water partition coefficient (Wildman–Crippen LogP) is 2.33. The Morgan fingerprint density at radius 2 is 2.00 bits per heavy atom. The van der Waals surface area contributed by atoms with Crippen LogP contribution in [0.25, 0.3) is 0 Å². The summed E-state index contributed by atoms with van der Waals surface area (Å²) in [6.07, 6.45) is -5.18. The van der Waals surface area contributed by atoms with Gasteiger partial charge < -0.3 is 5.21 Å². The molecule has 0 bridgehead atoms. The van der Waals surface area contributed by atoms with Gasteiger partial charge in [-0.25, -0.2) is 0 Å². The summed E-state index contributed by atoms with van der Waals surface area (Å²) in [6.45, 7) is 0. The molecule has 0 unspecified atom stereocenters. The third-order valence-electron chi connectivity index (χ3n) is 1.83. The van der Waals surface area contributed by atoms with Crippen LogP contribution in [0, 0.1) is 5.92 Å². The number of hydrogen-bond acceptors (Lipinski definition) is 3. The van der Waals surface area contributed by atoms with E-state index in [1.165, 1.54) is 0 Å². The first-order valence-corrected chi connectivity index (χ1v) is 3.92. The van der Waals surface area contributed by atoms with E-state index in [0.717, 1.165) is 0 Å². The Kier molecular flexibility index (Phi) is 3.02. The lowest BCUT2D eigenvalue weighted by molar-refractivity contribution is -0.352. The summed E-state index contributed by atoms with van der Waals surface area (Å²) in [6, 6.07) is 0. The molecule has 7 heteroatoms. The Morgan fingerprint density at radius 1 is 1.46 bits per heavy atom. The molecule has 0 aromatic rings. The average Bonchev–Trinajstić information content (AvgIpc) is 1.92. The Labute approximate surface area is 77.1 Å². The molecule has 0 saturated heterocycles. The number of halogens is 4. The second kappa shape index (κ2) is 3.71. The van der Waals surface area contributed by atoms with Gasteiger partial charge in [0.05, 0.1) is 6.10 Å². The standard InChI is InChI=1S/C6H7ClF3NO2/c7-5(11-12)3-1-4(2-3)13-6(8,9)10/h3-4,12H,1-2H2. The number of hydrogen-bond donors (Lipinski definition) is 1. The van der Waals surface area contributed by atoms with Crippen molar-refractivity contribution in [1.82, 2.24) is 0 Å². The lowest BCUT2D eigenvalue weighted by Gasteiger charge is -2.33. The summed E-state index contributed by atoms with van der Waals surface area (Å²) in [5.74, 6) is -0.306. The van der Waals surface area contributed by atoms with E-state index in [4.69, 9.17) is 16.8 Å². The molecule has 0 aliphatic heterocycles. The van der Waals surface area contributed by atoms with Crippen LogP contribution in [0.5, 0.6) is 0 Å². The molecule has 0 aromatic heterocycles. The van der Waals surface area contributed by atoms with E-state index < -0.39 is 12.5 Å². The van der Waals surface area contributed by atoms with Crippen molar-refractivity contribution in [2.75, 3.05) is 0 Å². The van der Waals surface area contributed by atoms with Gasteiger partial charge in [0.2, 0.25) is 0 Å². The zero-order chi connectivity index (χ0) is 10.1. The van der Waals surface area contributed by atoms with Gasteiger partial charge in [-0.3, -0.25) is 4.74 Å². The molecule has 76 valence electrons. The van der Waals surface area contributed by atoms with Crippen LogP contribution in [0.1, 0.15) is 12.8 Å². The van der Waals surface area contributed by atoms with Crippen molar-refractivity contribution in [1.29, 1.82) is 0 Å². The fourth-order valence-electron chi connectivity index (χ4n) is 1.13. The van der Waals surface area contributed by atoms with Crippen molar-refractivity contribution in [3.63, 3.8) is 0 Å². The van der Waals surface area contributed by atoms with E-state index in [1.807, 2.05) is 0 Å². The van der Waals surface area contributed by atoms with Gasteiger partial charge in [0.25, 0.3) is 0 Å². The maximum atomic E-state index is 11.6. The Morgan fingerprint density at radius 3 is 2.38 bits per heavy atom. The van der Waals surface area contributed by atoms with Crippen LogP contribution in [0.15, 0.2) is 5.16 Å². The summed E-state index contributed by atoms with van der Waals surface area (Å²) in [5.41, 5.74) is 0. The van der Waals surface area contributed by atoms with Crippen LogP contribution in [0.4, 0.5) is 13.2 Å². The summed E-state index contributed by atoms with van der Waals surface area (Å²) < 4.78 is 38.5. The fourth-order valence-corrected chi connectivity index (χ4v) is 1.31. The quantitative estimate of drug-likeness (QED) is 0.438. The van der Waals surface area contributed by atoms with Crippen molar-refractivity contribution in [3.8, 4) is 0 Å². The highest BCUT2D eigenvalue weighted by Crippen LogP contribution is 2.36. The van der Waals surface area contributed by atoms with Gasteiger partial charge in [-0.15, -0.1) is 13.2 Å². The molecule has 0 heterocycles. The molecule has 1 aliphatic rings. The number of alkyl halides is 3. The molecule has 3 nitrogen and oxygen atoms in total. The van der Waals surface area contributed by atoms with E-state index in [1.54, 1.807) is 0 Å². The first kappa shape index (κ1) is 10.6. The minimum Gasteiger partial charge on any atom is -0.410 e. The van der Waals surface area contributed by atoms with Crippen LogP contribution >= 0.6 is 11.6 Å². The van der Waals surface area contributed by atoms with Gasteiger partial charge in [0, 0.05) is 5.92 Å². The highest BCUT2D eigenvalue weighted by atomic mass is 35.5. The highest BCUT2D eigenvalue weighted by Gasteiger charge is 2.41. The number of ether oxygens (including phenoxy) is 1. The molecule has 1 N–H and O–H groups in total. The molecule has 1 rings (SSSR count). The first-order chi connectivity index (χ1) is 5.92. The second-order valence-electron chi connectivity index (χ2n) is 2.78. The number of nitrogens with zero attached hydrogens (tertiary/aromatic N) is 1. The van der Waals surface area contributed by atoms with Crippen LogP contribution in [0.2, 0.25) is 0 Å². The van der Waals surface area contributed by atoms with Gasteiger partial charge in [-0.05, 0) is 12.8 Å². The first-order valence-electron chi connectivity index (χ1n) is 3.54. The zero-order valence-electron chi connectivity index (χ0n) is 6.38. The van der Waals surface area contributed by atoms with E-state index in [0.29, 0.717) is 0 Å². The van der Waals surface area contributed by atoms with Crippen molar-refractivity contribution in [2.45, 2.75) is 25.3 Å². The topological polar surface area (TPSA) is 41.8 Å². The monoisotopic (exact) mass is 217 g/mol. The smallest absolute Gasteiger partial charge is 0.410 e. The van der Waals surface area contributed by atoms with Crippen molar-refractivity contribution >= 4 is 16.8 Å². The predicted molar refractivity (Wildman–Crippen MR) is 38.7 cm³/mol. The largest absolute Gasteiger partial charge is 0.522 e. The van der Waals surface area contributed by atoms with Gasteiger partial charge in [-0.1, -0.05) is 16.8 Å². The average molecular weight is 218 g/mol. The van der Waals surface area contributed by atoms with Crippen LogP contribution < -0.4 is 0 Å². The molecule has 0 atom stereocenters. The van der Waals surface area contributed by atoms with E-state index >= 15 is 0 Å². The lowest BCUT2D eigenvalue weighted by Crippen LogP contribution is -2.38. The van der Waals surface area contributed by atoms with Crippen LogP contribution in [0.3, 0.4) is 0 Å². The molecule has 1 saturated carbocycles. The van der Waals surface area contributed by atoms with Gasteiger partial charge in [0.1, 0.15) is 5.17 Å².